The van der Waals surface area contributed by atoms with E-state index in [4.69, 9.17) is 8.83 Å². The van der Waals surface area contributed by atoms with Crippen molar-refractivity contribution in [2.75, 3.05) is 0 Å². The van der Waals surface area contributed by atoms with Crippen molar-refractivity contribution < 1.29 is 8.83 Å². The summed E-state index contributed by atoms with van der Waals surface area (Å²) in [5.41, 5.74) is 12.8. The van der Waals surface area contributed by atoms with E-state index in [0.29, 0.717) is 0 Å². The molecule has 0 N–H and O–H groups in total. The maximum atomic E-state index is 6.37. The van der Waals surface area contributed by atoms with Gasteiger partial charge in [0.15, 0.2) is 0 Å². The number of aromatic nitrogens is 2. The monoisotopic (exact) mass is 664 g/mol. The lowest BCUT2D eigenvalue weighted by atomic mass is 10.00. The quantitative estimate of drug-likeness (QED) is 0.188. The molecule has 0 aliphatic rings. The number of hydrogen-bond donors (Lipinski definition) is 0. The maximum absolute atomic E-state index is 6.37. The fourth-order valence-electron chi connectivity index (χ4n) is 8.55. The fraction of sp³-hybridized carbons (Fsp3) is 0. The van der Waals surface area contributed by atoms with Gasteiger partial charge in [-0.2, -0.15) is 0 Å². The van der Waals surface area contributed by atoms with Crippen molar-refractivity contribution in [1.82, 2.24) is 9.13 Å². The first-order valence-electron chi connectivity index (χ1n) is 17.7. The molecule has 8 aromatic carbocycles. The largest absolute Gasteiger partial charge is 0.456 e. The molecular formula is C48H28N2O2. The van der Waals surface area contributed by atoms with E-state index >= 15 is 0 Å². The molecule has 4 heteroatoms. The SMILES string of the molecule is c1ccc(-n2c3ccc(-c4ccc5c(c4)c4cc6c(cc4n5-c4ccccc4)oc4ccccc46)cc3c3cc4c(cc32)oc2ccccc24)cc1. The molecule has 4 nitrogen and oxygen atoms in total. The van der Waals surface area contributed by atoms with Gasteiger partial charge < -0.3 is 18.0 Å². The second-order valence-corrected chi connectivity index (χ2v) is 13.7. The second-order valence-electron chi connectivity index (χ2n) is 13.7. The van der Waals surface area contributed by atoms with Gasteiger partial charge in [-0.25, -0.2) is 0 Å². The van der Waals surface area contributed by atoms with Crippen molar-refractivity contribution in [3.05, 3.63) is 170 Å². The predicted octanol–water partition coefficient (Wildman–Crippen LogP) is 13.3. The van der Waals surface area contributed by atoms with Gasteiger partial charge in [0.05, 0.1) is 22.1 Å². The molecule has 0 amide bonds. The van der Waals surface area contributed by atoms with E-state index in [9.17, 15) is 0 Å². The number of furan rings is 2. The highest BCUT2D eigenvalue weighted by Gasteiger charge is 2.20. The summed E-state index contributed by atoms with van der Waals surface area (Å²) < 4.78 is 17.5. The normalized spacial score (nSPS) is 12.2. The zero-order valence-electron chi connectivity index (χ0n) is 27.9. The molecule has 0 unspecified atom stereocenters. The molecule has 0 radical (unpaired) electrons. The van der Waals surface area contributed by atoms with Crippen LogP contribution in [0, 0.1) is 0 Å². The van der Waals surface area contributed by atoms with E-state index in [0.717, 1.165) is 77.3 Å². The van der Waals surface area contributed by atoms with Crippen LogP contribution in [0.2, 0.25) is 0 Å². The molecule has 4 heterocycles. The molecule has 0 saturated carbocycles. The van der Waals surface area contributed by atoms with Gasteiger partial charge in [-0.15, -0.1) is 0 Å². The molecule has 12 aromatic rings. The zero-order valence-corrected chi connectivity index (χ0v) is 27.9. The highest BCUT2D eigenvalue weighted by atomic mass is 16.3. The third kappa shape index (κ3) is 3.81. The molecule has 0 saturated heterocycles. The average Bonchev–Trinajstić information content (AvgIpc) is 3.93. The average molecular weight is 665 g/mol. The summed E-state index contributed by atoms with van der Waals surface area (Å²) in [5, 5.41) is 9.37. The predicted molar refractivity (Wildman–Crippen MR) is 215 cm³/mol. The Morgan fingerprint density at radius 1 is 0.269 bits per heavy atom. The minimum absolute atomic E-state index is 0.897. The minimum Gasteiger partial charge on any atom is -0.456 e. The van der Waals surface area contributed by atoms with Gasteiger partial charge in [0.1, 0.15) is 22.3 Å². The Morgan fingerprint density at radius 2 is 0.673 bits per heavy atom. The molecule has 0 atom stereocenters. The summed E-state index contributed by atoms with van der Waals surface area (Å²) in [6.45, 7) is 0. The number of hydrogen-bond acceptors (Lipinski definition) is 2. The van der Waals surface area contributed by atoms with E-state index < -0.39 is 0 Å². The van der Waals surface area contributed by atoms with Crippen LogP contribution in [0.1, 0.15) is 0 Å². The van der Waals surface area contributed by atoms with Crippen LogP contribution in [0.3, 0.4) is 0 Å². The highest BCUT2D eigenvalue weighted by Crippen LogP contribution is 2.42. The Morgan fingerprint density at radius 3 is 1.13 bits per heavy atom. The summed E-state index contributed by atoms with van der Waals surface area (Å²) >= 11 is 0. The lowest BCUT2D eigenvalue weighted by molar-refractivity contribution is 0.669. The number of rotatable bonds is 3. The Bertz CT molecular complexity index is 3170. The Labute approximate surface area is 296 Å². The Hall–Kier alpha value is -7.04. The van der Waals surface area contributed by atoms with Crippen LogP contribution >= 0.6 is 0 Å². The standard InChI is InChI=1S/C48H28N2O2/c1-3-11-31(12-4-1)49-41-21-19-29(23-35(41)37-25-39-33-15-7-9-17-45(33)51-47(39)27-43(37)49)30-20-22-42-36(24-30)38-26-40-34-16-8-10-18-46(34)52-48(40)28-44(38)50(42)32-13-5-2-6-14-32/h1-28H. The number of benzene rings is 8. The second kappa shape index (κ2) is 10.3. The first kappa shape index (κ1) is 27.7. The summed E-state index contributed by atoms with van der Waals surface area (Å²) in [4.78, 5) is 0. The van der Waals surface area contributed by atoms with Gasteiger partial charge in [0, 0.05) is 66.6 Å². The van der Waals surface area contributed by atoms with E-state index in [2.05, 4.69) is 155 Å². The van der Waals surface area contributed by atoms with Crippen LogP contribution in [0.5, 0.6) is 0 Å². The van der Waals surface area contributed by atoms with Crippen molar-refractivity contribution >= 4 is 87.5 Å². The van der Waals surface area contributed by atoms with Gasteiger partial charge in [-0.1, -0.05) is 84.9 Å². The van der Waals surface area contributed by atoms with Gasteiger partial charge in [0.25, 0.3) is 0 Å². The fourth-order valence-corrected chi connectivity index (χ4v) is 8.55. The van der Waals surface area contributed by atoms with Crippen LogP contribution in [-0.2, 0) is 0 Å². The van der Waals surface area contributed by atoms with Crippen LogP contribution < -0.4 is 0 Å². The van der Waals surface area contributed by atoms with Gasteiger partial charge in [-0.05, 0) is 83.9 Å². The molecule has 0 bridgehead atoms. The number of fused-ring (bicyclic) bond motifs is 12. The lowest BCUT2D eigenvalue weighted by Crippen LogP contribution is -1.93. The van der Waals surface area contributed by atoms with Crippen LogP contribution in [-0.4, -0.2) is 9.13 Å². The van der Waals surface area contributed by atoms with E-state index in [1.54, 1.807) is 0 Å². The third-order valence-electron chi connectivity index (χ3n) is 10.9. The molecule has 242 valence electrons. The van der Waals surface area contributed by atoms with E-state index in [1.807, 2.05) is 24.3 Å². The summed E-state index contributed by atoms with van der Waals surface area (Å²) in [5.74, 6) is 0. The lowest BCUT2D eigenvalue weighted by Gasteiger charge is -2.09. The maximum Gasteiger partial charge on any atom is 0.137 e. The van der Waals surface area contributed by atoms with Gasteiger partial charge in [-0.3, -0.25) is 0 Å². The topological polar surface area (TPSA) is 36.1 Å². The van der Waals surface area contributed by atoms with Gasteiger partial charge in [0.2, 0.25) is 0 Å². The number of nitrogens with zero attached hydrogens (tertiary/aromatic N) is 2. The molecule has 52 heavy (non-hydrogen) atoms. The van der Waals surface area contributed by atoms with E-state index in [-0.39, 0.29) is 0 Å². The van der Waals surface area contributed by atoms with Crippen LogP contribution in [0.4, 0.5) is 0 Å². The Balaban J connectivity index is 1.13. The van der Waals surface area contributed by atoms with Crippen molar-refractivity contribution in [2.45, 2.75) is 0 Å². The molecule has 12 rings (SSSR count). The van der Waals surface area contributed by atoms with Crippen molar-refractivity contribution in [3.63, 3.8) is 0 Å². The van der Waals surface area contributed by atoms with E-state index in [1.165, 1.54) is 32.7 Å². The molecule has 0 spiro atoms. The van der Waals surface area contributed by atoms with Crippen LogP contribution in [0.15, 0.2) is 179 Å². The first-order chi connectivity index (χ1) is 25.8. The smallest absolute Gasteiger partial charge is 0.137 e. The molecule has 0 fully saturated rings. The molecule has 0 aliphatic carbocycles. The minimum atomic E-state index is 0.897. The summed E-state index contributed by atoms with van der Waals surface area (Å²) in [6.07, 6.45) is 0. The molecule has 0 aliphatic heterocycles. The third-order valence-corrected chi connectivity index (χ3v) is 10.9. The first-order valence-corrected chi connectivity index (χ1v) is 17.7. The zero-order chi connectivity index (χ0) is 33.9. The van der Waals surface area contributed by atoms with Crippen LogP contribution in [0.25, 0.3) is 110 Å². The molecule has 4 aromatic heterocycles. The van der Waals surface area contributed by atoms with Crippen molar-refractivity contribution in [3.8, 4) is 22.5 Å². The summed E-state index contributed by atoms with van der Waals surface area (Å²) in [7, 11) is 0. The van der Waals surface area contributed by atoms with Crippen molar-refractivity contribution in [1.29, 1.82) is 0 Å². The molecular weight excluding hydrogens is 637 g/mol. The van der Waals surface area contributed by atoms with Crippen molar-refractivity contribution in [2.24, 2.45) is 0 Å². The Kier molecular flexibility index (Phi) is 5.47. The summed E-state index contributed by atoms with van der Waals surface area (Å²) in [6, 6.07) is 60.7. The number of para-hydroxylation sites is 4. The van der Waals surface area contributed by atoms with Gasteiger partial charge >= 0.3 is 0 Å². The highest BCUT2D eigenvalue weighted by molar-refractivity contribution is 6.20.